The number of aryl methyl sites for hydroxylation is 1. The number of amidine groups is 1. The highest BCUT2D eigenvalue weighted by molar-refractivity contribution is 6.43. The molecule has 0 spiro atoms. The number of hydrogen-bond acceptors (Lipinski definition) is 6. The molecule has 0 fully saturated rings. The second kappa shape index (κ2) is 8.84. The van der Waals surface area contributed by atoms with Crippen molar-refractivity contribution in [3.8, 4) is 11.4 Å². The third-order valence-electron chi connectivity index (χ3n) is 4.90. The number of H-pyrrole nitrogens is 1. The molecule has 1 atom stereocenters. The number of aliphatic imine (C=N–C) groups is 1. The number of nitrogens with zero attached hydrogens (tertiary/aromatic N) is 3. The van der Waals surface area contributed by atoms with Gasteiger partial charge in [0.2, 0.25) is 5.84 Å². The van der Waals surface area contributed by atoms with E-state index >= 15 is 0 Å². The van der Waals surface area contributed by atoms with Gasteiger partial charge in [-0.05, 0) is 37.6 Å². The molecule has 9 nitrogen and oxygen atoms in total. The van der Waals surface area contributed by atoms with Crippen LogP contribution >= 0.6 is 0 Å². The number of benzene rings is 2. The van der Waals surface area contributed by atoms with Crippen LogP contribution in [-0.4, -0.2) is 33.7 Å². The number of carbonyl (C=O) groups excluding carboxylic acids is 2. The van der Waals surface area contributed by atoms with E-state index in [4.69, 9.17) is 0 Å². The third-order valence-corrected chi connectivity index (χ3v) is 4.90. The minimum absolute atomic E-state index is 0.0193. The van der Waals surface area contributed by atoms with Gasteiger partial charge < -0.3 is 10.3 Å². The molecule has 2 heterocycles. The Labute approximate surface area is 184 Å². The third kappa shape index (κ3) is 4.41. The lowest BCUT2D eigenvalue weighted by atomic mass is 10.1. The summed E-state index contributed by atoms with van der Waals surface area (Å²) in [6.45, 7) is 3.56. The zero-order valence-corrected chi connectivity index (χ0v) is 17.6. The number of hydrazine groups is 1. The molecular weight excluding hydrogens is 408 g/mol. The van der Waals surface area contributed by atoms with Crippen molar-refractivity contribution in [2.75, 3.05) is 10.3 Å². The van der Waals surface area contributed by atoms with Crippen LogP contribution in [0.3, 0.4) is 0 Å². The normalized spacial score (nSPS) is 15.7. The Morgan fingerprint density at radius 1 is 1.09 bits per heavy atom. The lowest BCUT2D eigenvalue weighted by molar-refractivity contribution is -0.120. The van der Waals surface area contributed by atoms with Crippen LogP contribution in [-0.2, 0) is 16.0 Å². The standard InChI is InChI=1S/C23H22N6O3/c1-3-16-13-19(30)27-20(25-16)15-8-7-9-17(12-15)26-22(31)21-24-14(2)23(32)29(28-21)18-10-5-4-6-11-18/h4-14H,3H2,1-2H3,(H,24,28)(H,26,31)(H,25,27,30)/t14-/m0/s1. The fraction of sp³-hybridized carbons (Fsp3) is 0.174. The minimum Gasteiger partial charge on any atom is -0.319 e. The van der Waals surface area contributed by atoms with Crippen molar-refractivity contribution in [2.24, 2.45) is 4.99 Å². The van der Waals surface area contributed by atoms with Crippen LogP contribution in [0.2, 0.25) is 0 Å². The second-order valence-electron chi connectivity index (χ2n) is 7.25. The molecule has 0 unspecified atom stereocenters. The van der Waals surface area contributed by atoms with Crippen molar-refractivity contribution in [3.05, 3.63) is 76.7 Å². The molecule has 0 radical (unpaired) electrons. The monoisotopic (exact) mass is 430 g/mol. The molecule has 0 aliphatic carbocycles. The summed E-state index contributed by atoms with van der Waals surface area (Å²) in [6, 6.07) is 16.7. The smallest absolute Gasteiger partial charge is 0.292 e. The predicted octanol–water partition coefficient (Wildman–Crippen LogP) is 2.28. The molecule has 0 saturated carbocycles. The van der Waals surface area contributed by atoms with Gasteiger partial charge in [0.05, 0.1) is 5.69 Å². The Hall–Kier alpha value is -4.27. The topological polar surface area (TPSA) is 120 Å². The van der Waals surface area contributed by atoms with E-state index in [9.17, 15) is 14.4 Å². The van der Waals surface area contributed by atoms with Crippen molar-refractivity contribution in [1.29, 1.82) is 0 Å². The zero-order chi connectivity index (χ0) is 22.7. The van der Waals surface area contributed by atoms with Gasteiger partial charge in [0.25, 0.3) is 17.4 Å². The number of amides is 2. The van der Waals surface area contributed by atoms with Crippen LogP contribution in [0.15, 0.2) is 70.5 Å². The summed E-state index contributed by atoms with van der Waals surface area (Å²) in [5.74, 6) is -0.314. The van der Waals surface area contributed by atoms with Gasteiger partial charge in [-0.2, -0.15) is 0 Å². The minimum atomic E-state index is -0.713. The maximum absolute atomic E-state index is 12.9. The van der Waals surface area contributed by atoms with Crippen LogP contribution in [0.25, 0.3) is 11.4 Å². The number of hydrogen-bond donors (Lipinski definition) is 3. The summed E-state index contributed by atoms with van der Waals surface area (Å²) in [4.78, 5) is 48.7. The van der Waals surface area contributed by atoms with Gasteiger partial charge >= 0.3 is 0 Å². The highest BCUT2D eigenvalue weighted by atomic mass is 16.2. The number of anilines is 2. The highest BCUT2D eigenvalue weighted by Gasteiger charge is 2.30. The number of aromatic nitrogens is 2. The van der Waals surface area contributed by atoms with Crippen molar-refractivity contribution in [3.63, 3.8) is 0 Å². The van der Waals surface area contributed by atoms with E-state index < -0.39 is 11.9 Å². The van der Waals surface area contributed by atoms with Gasteiger partial charge in [0.1, 0.15) is 11.9 Å². The van der Waals surface area contributed by atoms with Crippen molar-refractivity contribution >= 4 is 29.0 Å². The van der Waals surface area contributed by atoms with Crippen molar-refractivity contribution in [2.45, 2.75) is 26.3 Å². The lowest BCUT2D eigenvalue weighted by Gasteiger charge is -2.30. The fourth-order valence-corrected chi connectivity index (χ4v) is 3.26. The first-order valence-corrected chi connectivity index (χ1v) is 10.2. The van der Waals surface area contributed by atoms with Crippen molar-refractivity contribution in [1.82, 2.24) is 15.4 Å². The lowest BCUT2D eigenvalue weighted by Crippen LogP contribution is -2.57. The number of aromatic amines is 1. The maximum atomic E-state index is 12.9. The van der Waals surface area contributed by atoms with Gasteiger partial charge in [-0.25, -0.2) is 15.0 Å². The molecule has 2 aromatic carbocycles. The molecular formula is C23H22N6O3. The molecule has 9 heteroatoms. The average molecular weight is 430 g/mol. The number of carbonyl (C=O) groups is 2. The van der Waals surface area contributed by atoms with E-state index in [-0.39, 0.29) is 17.3 Å². The highest BCUT2D eigenvalue weighted by Crippen LogP contribution is 2.20. The molecule has 1 aromatic heterocycles. The summed E-state index contributed by atoms with van der Waals surface area (Å²) < 4.78 is 0. The van der Waals surface area contributed by atoms with Crippen LogP contribution in [0.4, 0.5) is 11.4 Å². The Kier molecular flexibility index (Phi) is 5.80. The molecule has 2 amide bonds. The number of para-hydroxylation sites is 1. The van der Waals surface area contributed by atoms with Gasteiger partial charge in [-0.3, -0.25) is 19.8 Å². The zero-order valence-electron chi connectivity index (χ0n) is 17.6. The fourth-order valence-electron chi connectivity index (χ4n) is 3.26. The van der Waals surface area contributed by atoms with Crippen LogP contribution < -0.4 is 21.3 Å². The van der Waals surface area contributed by atoms with E-state index in [1.807, 2.05) is 13.0 Å². The van der Waals surface area contributed by atoms with Gasteiger partial charge in [0, 0.05) is 23.0 Å². The molecule has 162 valence electrons. The first kappa shape index (κ1) is 21.0. The predicted molar refractivity (Wildman–Crippen MR) is 122 cm³/mol. The van der Waals surface area contributed by atoms with Crippen molar-refractivity contribution < 1.29 is 9.59 Å². The molecule has 0 bridgehead atoms. The molecule has 3 N–H and O–H groups in total. The summed E-state index contributed by atoms with van der Waals surface area (Å²) in [5, 5.41) is 4.10. The Balaban J connectivity index is 1.56. The summed E-state index contributed by atoms with van der Waals surface area (Å²) in [7, 11) is 0. The summed E-state index contributed by atoms with van der Waals surface area (Å²) >= 11 is 0. The SMILES string of the molecule is CCc1cc(=O)[nH]c(-c2cccc(NC(=O)C3=N[C@@H](C)C(=O)N(c4ccccc4)N3)c2)n1. The molecule has 1 aliphatic heterocycles. The molecule has 4 rings (SSSR count). The van der Waals surface area contributed by atoms with E-state index in [0.717, 1.165) is 0 Å². The van der Waals surface area contributed by atoms with Gasteiger partial charge in [-0.15, -0.1) is 0 Å². The van der Waals surface area contributed by atoms with E-state index in [1.54, 1.807) is 55.5 Å². The Morgan fingerprint density at radius 3 is 2.62 bits per heavy atom. The second-order valence-corrected chi connectivity index (χ2v) is 7.25. The maximum Gasteiger partial charge on any atom is 0.292 e. The van der Waals surface area contributed by atoms with Gasteiger partial charge in [-0.1, -0.05) is 37.3 Å². The van der Waals surface area contributed by atoms with Crippen LogP contribution in [0, 0.1) is 0 Å². The van der Waals surface area contributed by atoms with E-state index in [2.05, 4.69) is 25.7 Å². The number of rotatable bonds is 5. The average Bonchev–Trinajstić information content (AvgIpc) is 2.81. The molecule has 1 aliphatic rings. The van der Waals surface area contributed by atoms with E-state index in [1.165, 1.54) is 11.1 Å². The molecule has 3 aromatic rings. The molecule has 0 saturated heterocycles. The largest absolute Gasteiger partial charge is 0.319 e. The van der Waals surface area contributed by atoms with Gasteiger partial charge in [0.15, 0.2) is 0 Å². The van der Waals surface area contributed by atoms with E-state index in [0.29, 0.717) is 34.9 Å². The summed E-state index contributed by atoms with van der Waals surface area (Å²) in [5.41, 5.74) is 5.01. The quantitative estimate of drug-likeness (QED) is 0.574. The Morgan fingerprint density at radius 2 is 1.88 bits per heavy atom. The number of nitrogens with one attached hydrogen (secondary N) is 3. The molecule has 32 heavy (non-hydrogen) atoms. The van der Waals surface area contributed by atoms with Crippen LogP contribution in [0.1, 0.15) is 19.5 Å². The van der Waals surface area contributed by atoms with Crippen LogP contribution in [0.5, 0.6) is 0 Å². The Bertz CT molecular complexity index is 1250. The first-order chi connectivity index (χ1) is 15.4. The summed E-state index contributed by atoms with van der Waals surface area (Å²) in [6.07, 6.45) is 0.633. The first-order valence-electron chi connectivity index (χ1n) is 10.2.